The lowest BCUT2D eigenvalue weighted by molar-refractivity contribution is -0.386. The highest BCUT2D eigenvalue weighted by Gasteiger charge is 2.34. The summed E-state index contributed by atoms with van der Waals surface area (Å²) in [6, 6.07) is 1.09. The van der Waals surface area contributed by atoms with Crippen molar-refractivity contribution in [3.05, 3.63) is 27.8 Å². The van der Waals surface area contributed by atoms with Crippen LogP contribution in [0.2, 0.25) is 0 Å². The normalized spacial score (nSPS) is 12.2. The molecule has 0 aromatic heterocycles. The van der Waals surface area contributed by atoms with Crippen LogP contribution in [0.25, 0.3) is 0 Å². The topological polar surface area (TPSA) is 86.5 Å². The Morgan fingerprint density at radius 3 is 2.30 bits per heavy atom. The first-order valence-corrected chi connectivity index (χ1v) is 7.28. The number of alkyl halides is 3. The van der Waals surface area contributed by atoms with Crippen molar-refractivity contribution < 1.29 is 31.2 Å². The average molecular weight is 334 g/mol. The van der Waals surface area contributed by atoms with Crippen molar-refractivity contribution in [3.63, 3.8) is 0 Å². The van der Waals surface area contributed by atoms with Gasteiger partial charge in [-0.1, -0.05) is 6.92 Å². The van der Waals surface area contributed by atoms with Gasteiger partial charge in [-0.3, -0.25) is 10.1 Å². The second kappa shape index (κ2) is 5.44. The van der Waals surface area contributed by atoms with Crippen molar-refractivity contribution in [2.45, 2.75) is 24.6 Å². The number of hydrogen-bond donors (Lipinski definition) is 0. The molecule has 0 aliphatic carbocycles. The Bertz CT molecular complexity index is 644. The molecule has 0 atom stereocenters. The van der Waals surface area contributed by atoms with E-state index in [4.69, 9.17) is 10.7 Å². The van der Waals surface area contributed by atoms with E-state index in [1.165, 1.54) is 6.92 Å². The second-order valence-electron chi connectivity index (χ2n) is 3.52. The Kier molecular flexibility index (Phi) is 4.49. The van der Waals surface area contributed by atoms with Crippen LogP contribution in [-0.2, 0) is 15.5 Å². The van der Waals surface area contributed by atoms with Crippen LogP contribution in [0.5, 0.6) is 5.75 Å². The number of nitro benzene ring substituents is 1. The number of ether oxygens (including phenoxy) is 1. The van der Waals surface area contributed by atoms with Gasteiger partial charge in [-0.15, -0.1) is 13.2 Å². The maximum absolute atomic E-state index is 12.2. The minimum Gasteiger partial charge on any atom is -0.405 e. The molecule has 0 aliphatic rings. The van der Waals surface area contributed by atoms with E-state index in [-0.39, 0.29) is 12.0 Å². The summed E-state index contributed by atoms with van der Waals surface area (Å²) in [6.45, 7) is 1.36. The van der Waals surface area contributed by atoms with Crippen molar-refractivity contribution in [2.75, 3.05) is 0 Å². The van der Waals surface area contributed by atoms with E-state index in [2.05, 4.69) is 4.74 Å². The summed E-state index contributed by atoms with van der Waals surface area (Å²) in [5.41, 5.74) is -1.19. The summed E-state index contributed by atoms with van der Waals surface area (Å²) >= 11 is 0. The minimum absolute atomic E-state index is 0.162. The molecule has 0 amide bonds. The van der Waals surface area contributed by atoms with Crippen molar-refractivity contribution >= 4 is 25.4 Å². The second-order valence-corrected chi connectivity index (χ2v) is 6.08. The number of benzene rings is 1. The summed E-state index contributed by atoms with van der Waals surface area (Å²) in [4.78, 5) is 8.96. The van der Waals surface area contributed by atoms with Gasteiger partial charge in [0.05, 0.1) is 15.4 Å². The Labute approximate surface area is 115 Å². The fourth-order valence-electron chi connectivity index (χ4n) is 1.48. The molecule has 0 N–H and O–H groups in total. The van der Waals surface area contributed by atoms with Crippen molar-refractivity contribution in [3.8, 4) is 5.75 Å². The standard InChI is InChI=1S/C9H7ClF3NO5S/c1-2-6-7(14(15)16)3-5(20(10,17)18)4-8(6)19-9(11,12)13/h3-4H,2H2,1H3. The van der Waals surface area contributed by atoms with Gasteiger partial charge < -0.3 is 4.74 Å². The van der Waals surface area contributed by atoms with Gasteiger partial charge in [0.2, 0.25) is 0 Å². The van der Waals surface area contributed by atoms with Crippen molar-refractivity contribution in [1.82, 2.24) is 0 Å². The summed E-state index contributed by atoms with van der Waals surface area (Å²) in [5, 5.41) is 10.8. The molecule has 0 radical (unpaired) electrons. The molecular formula is C9H7ClF3NO5S. The maximum atomic E-state index is 12.2. The molecule has 1 aromatic carbocycles. The van der Waals surface area contributed by atoms with Gasteiger partial charge in [-0.05, 0) is 6.42 Å². The highest BCUT2D eigenvalue weighted by atomic mass is 35.7. The number of hydrogen-bond acceptors (Lipinski definition) is 5. The predicted molar refractivity (Wildman–Crippen MR) is 62.2 cm³/mol. The third-order valence-corrected chi connectivity index (χ3v) is 3.55. The van der Waals surface area contributed by atoms with Crippen LogP contribution in [0.3, 0.4) is 0 Å². The lowest BCUT2D eigenvalue weighted by Crippen LogP contribution is -2.18. The van der Waals surface area contributed by atoms with Crippen LogP contribution in [-0.4, -0.2) is 19.7 Å². The zero-order valence-corrected chi connectivity index (χ0v) is 11.3. The van der Waals surface area contributed by atoms with Gasteiger partial charge in [-0.25, -0.2) is 8.42 Å². The number of halogens is 4. The number of nitro groups is 1. The van der Waals surface area contributed by atoms with E-state index in [9.17, 15) is 31.7 Å². The fourth-order valence-corrected chi connectivity index (χ4v) is 2.25. The van der Waals surface area contributed by atoms with Gasteiger partial charge in [-0.2, -0.15) is 0 Å². The summed E-state index contributed by atoms with van der Waals surface area (Å²) in [6.07, 6.45) is -5.28. The van der Waals surface area contributed by atoms with Crippen LogP contribution < -0.4 is 4.74 Å². The first kappa shape index (κ1) is 16.5. The third kappa shape index (κ3) is 3.97. The highest BCUT2D eigenvalue weighted by Crippen LogP contribution is 2.36. The van der Waals surface area contributed by atoms with Crippen LogP contribution in [0.1, 0.15) is 12.5 Å². The first-order valence-electron chi connectivity index (χ1n) is 4.97. The van der Waals surface area contributed by atoms with Crippen LogP contribution in [0.4, 0.5) is 18.9 Å². The minimum atomic E-state index is -5.12. The van der Waals surface area contributed by atoms with Crippen molar-refractivity contribution in [2.24, 2.45) is 0 Å². The molecule has 6 nitrogen and oxygen atoms in total. The van der Waals surface area contributed by atoms with E-state index in [1.807, 2.05) is 0 Å². The van der Waals surface area contributed by atoms with Crippen LogP contribution in [0.15, 0.2) is 17.0 Å². The molecule has 1 rings (SSSR count). The first-order chi connectivity index (χ1) is 8.95. The van der Waals surface area contributed by atoms with Gasteiger partial charge in [0.1, 0.15) is 5.75 Å². The van der Waals surface area contributed by atoms with E-state index in [0.717, 1.165) is 0 Å². The zero-order chi connectivity index (χ0) is 15.7. The molecule has 0 aliphatic heterocycles. The Morgan fingerprint density at radius 2 is 1.95 bits per heavy atom. The fraction of sp³-hybridized carbons (Fsp3) is 0.333. The number of nitrogens with zero attached hydrogens (tertiary/aromatic N) is 1. The molecule has 0 fully saturated rings. The monoisotopic (exact) mass is 333 g/mol. The molecule has 112 valence electrons. The summed E-state index contributed by atoms with van der Waals surface area (Å²) in [5.74, 6) is -0.964. The van der Waals surface area contributed by atoms with Gasteiger partial charge in [0, 0.05) is 22.8 Å². The van der Waals surface area contributed by atoms with E-state index in [1.54, 1.807) is 0 Å². The average Bonchev–Trinajstić information content (AvgIpc) is 2.24. The van der Waals surface area contributed by atoms with E-state index < -0.39 is 36.7 Å². The van der Waals surface area contributed by atoms with E-state index in [0.29, 0.717) is 12.1 Å². The molecule has 11 heteroatoms. The lowest BCUT2D eigenvalue weighted by atomic mass is 10.1. The SMILES string of the molecule is CCc1c(OC(F)(F)F)cc(S(=O)(=O)Cl)cc1[N+](=O)[O-]. The Balaban J connectivity index is 3.62. The summed E-state index contributed by atoms with van der Waals surface area (Å²) in [7, 11) is 0.545. The highest BCUT2D eigenvalue weighted by molar-refractivity contribution is 8.13. The molecule has 0 heterocycles. The largest absolute Gasteiger partial charge is 0.573 e. The molecule has 0 saturated carbocycles. The molecule has 0 spiro atoms. The van der Waals surface area contributed by atoms with Gasteiger partial charge in [0.15, 0.2) is 0 Å². The molecular weight excluding hydrogens is 327 g/mol. The molecule has 0 saturated heterocycles. The molecule has 20 heavy (non-hydrogen) atoms. The lowest BCUT2D eigenvalue weighted by Gasteiger charge is -2.13. The molecule has 1 aromatic rings. The Morgan fingerprint density at radius 1 is 1.40 bits per heavy atom. The summed E-state index contributed by atoms with van der Waals surface area (Å²) < 4.78 is 62.6. The number of rotatable bonds is 4. The quantitative estimate of drug-likeness (QED) is 0.480. The van der Waals surface area contributed by atoms with Crippen LogP contribution in [0, 0.1) is 10.1 Å². The Hall–Kier alpha value is -1.55. The smallest absolute Gasteiger partial charge is 0.405 e. The maximum Gasteiger partial charge on any atom is 0.573 e. The van der Waals surface area contributed by atoms with Gasteiger partial charge >= 0.3 is 6.36 Å². The zero-order valence-electron chi connectivity index (χ0n) is 9.77. The molecule has 0 bridgehead atoms. The van der Waals surface area contributed by atoms with E-state index >= 15 is 0 Å². The van der Waals surface area contributed by atoms with Crippen LogP contribution >= 0.6 is 10.7 Å². The van der Waals surface area contributed by atoms with Crippen molar-refractivity contribution in [1.29, 1.82) is 0 Å². The van der Waals surface area contributed by atoms with Gasteiger partial charge in [0.25, 0.3) is 14.7 Å². The predicted octanol–water partition coefficient (Wildman–Crippen LogP) is 2.98. The molecule has 0 unspecified atom stereocenters. The third-order valence-electron chi connectivity index (χ3n) is 2.22.